The third-order valence-corrected chi connectivity index (χ3v) is 4.22. The predicted molar refractivity (Wildman–Crippen MR) is 66.8 cm³/mol. The number of hydrogen-bond acceptors (Lipinski definition) is 4. The topological polar surface area (TPSA) is 28.2 Å². The van der Waals surface area contributed by atoms with Crippen molar-refractivity contribution in [3.63, 3.8) is 0 Å². The molecule has 1 aliphatic heterocycles. The van der Waals surface area contributed by atoms with Gasteiger partial charge in [-0.1, -0.05) is 0 Å². The van der Waals surface area contributed by atoms with E-state index >= 15 is 0 Å². The van der Waals surface area contributed by atoms with Gasteiger partial charge in [0.25, 0.3) is 0 Å². The van der Waals surface area contributed by atoms with Crippen LogP contribution in [-0.4, -0.2) is 41.6 Å². The molecule has 0 aromatic carbocycles. The van der Waals surface area contributed by atoms with Crippen molar-refractivity contribution in [3.8, 4) is 0 Å². The Morgan fingerprint density at radius 2 is 2.38 bits per heavy atom. The van der Waals surface area contributed by atoms with Crippen LogP contribution in [0.15, 0.2) is 10.9 Å². The molecule has 1 aliphatic carbocycles. The maximum atomic E-state index is 4.30. The highest BCUT2D eigenvalue weighted by molar-refractivity contribution is 7.07. The van der Waals surface area contributed by atoms with Crippen molar-refractivity contribution in [2.45, 2.75) is 37.8 Å². The van der Waals surface area contributed by atoms with Crippen LogP contribution in [0, 0.1) is 0 Å². The Morgan fingerprint density at radius 1 is 1.44 bits per heavy atom. The van der Waals surface area contributed by atoms with Gasteiger partial charge in [-0.2, -0.15) is 0 Å². The molecule has 1 N–H and O–H groups in total. The lowest BCUT2D eigenvalue weighted by Gasteiger charge is -2.15. The minimum Gasteiger partial charge on any atom is -0.312 e. The van der Waals surface area contributed by atoms with E-state index in [0.717, 1.165) is 25.0 Å². The molecule has 1 saturated carbocycles. The van der Waals surface area contributed by atoms with E-state index in [9.17, 15) is 0 Å². The summed E-state index contributed by atoms with van der Waals surface area (Å²) in [5, 5.41) is 5.80. The van der Waals surface area contributed by atoms with Gasteiger partial charge in [-0.15, -0.1) is 11.3 Å². The van der Waals surface area contributed by atoms with E-state index in [-0.39, 0.29) is 0 Å². The average molecular weight is 237 g/mol. The van der Waals surface area contributed by atoms with E-state index < -0.39 is 0 Å². The largest absolute Gasteiger partial charge is 0.312 e. The highest BCUT2D eigenvalue weighted by Crippen LogP contribution is 2.29. The van der Waals surface area contributed by atoms with Crippen LogP contribution in [0.25, 0.3) is 0 Å². The van der Waals surface area contributed by atoms with Crippen LogP contribution in [0.2, 0.25) is 0 Å². The molecule has 2 fully saturated rings. The standard InChI is InChI=1S/C12H19N3S/c1-2-12(1)15-6-4-10(7-15)13-5-3-11-8-16-9-14-11/h8-10,12-13H,1-7H2. The van der Waals surface area contributed by atoms with Gasteiger partial charge in [-0.05, 0) is 19.3 Å². The van der Waals surface area contributed by atoms with E-state index in [2.05, 4.69) is 20.6 Å². The average Bonchev–Trinajstić information content (AvgIpc) is 2.83. The highest BCUT2D eigenvalue weighted by Gasteiger charge is 2.33. The Hall–Kier alpha value is -0.450. The number of likely N-dealkylation sites (tertiary alicyclic amines) is 1. The molecule has 2 aliphatic rings. The van der Waals surface area contributed by atoms with Crippen molar-refractivity contribution in [3.05, 3.63) is 16.6 Å². The summed E-state index contributed by atoms with van der Waals surface area (Å²) in [5.74, 6) is 0. The van der Waals surface area contributed by atoms with Gasteiger partial charge in [-0.3, -0.25) is 4.90 Å². The zero-order valence-electron chi connectivity index (χ0n) is 9.56. The fourth-order valence-corrected chi connectivity index (χ4v) is 3.08. The first-order valence-electron chi connectivity index (χ1n) is 6.26. The van der Waals surface area contributed by atoms with Crippen LogP contribution in [0.4, 0.5) is 0 Å². The molecule has 0 amide bonds. The van der Waals surface area contributed by atoms with Gasteiger partial charge in [0.2, 0.25) is 0 Å². The molecular formula is C12H19N3S. The SMILES string of the molecule is c1nc(CCNC2CCN(C3CC3)C2)cs1. The number of thiazole rings is 1. The second kappa shape index (κ2) is 4.82. The number of rotatable bonds is 5. The zero-order valence-corrected chi connectivity index (χ0v) is 10.4. The Morgan fingerprint density at radius 3 is 3.12 bits per heavy atom. The molecule has 4 heteroatoms. The van der Waals surface area contributed by atoms with E-state index in [4.69, 9.17) is 0 Å². The summed E-state index contributed by atoms with van der Waals surface area (Å²) in [4.78, 5) is 6.95. The normalized spacial score (nSPS) is 26.4. The van der Waals surface area contributed by atoms with Gasteiger partial charge < -0.3 is 5.32 Å². The number of hydrogen-bond donors (Lipinski definition) is 1. The van der Waals surface area contributed by atoms with Crippen LogP contribution in [0.3, 0.4) is 0 Å². The molecule has 0 radical (unpaired) electrons. The minimum absolute atomic E-state index is 0.722. The fourth-order valence-electron chi connectivity index (χ4n) is 2.49. The molecule has 2 heterocycles. The van der Waals surface area contributed by atoms with E-state index in [0.29, 0.717) is 0 Å². The van der Waals surface area contributed by atoms with Crippen LogP contribution >= 0.6 is 11.3 Å². The number of nitrogens with one attached hydrogen (secondary N) is 1. The molecular weight excluding hydrogens is 218 g/mol. The first-order valence-corrected chi connectivity index (χ1v) is 7.20. The van der Waals surface area contributed by atoms with Crippen LogP contribution in [-0.2, 0) is 6.42 Å². The minimum atomic E-state index is 0.722. The molecule has 1 aromatic rings. The van der Waals surface area contributed by atoms with Gasteiger partial charge in [0.1, 0.15) is 0 Å². The highest BCUT2D eigenvalue weighted by atomic mass is 32.1. The molecule has 3 rings (SSSR count). The van der Waals surface area contributed by atoms with Gasteiger partial charge in [0, 0.05) is 43.5 Å². The van der Waals surface area contributed by atoms with Crippen molar-refractivity contribution >= 4 is 11.3 Å². The fraction of sp³-hybridized carbons (Fsp3) is 0.750. The second-order valence-electron chi connectivity index (χ2n) is 4.90. The Kier molecular flexibility index (Phi) is 3.22. The molecule has 1 atom stereocenters. The second-order valence-corrected chi connectivity index (χ2v) is 5.61. The van der Waals surface area contributed by atoms with E-state index in [1.165, 1.54) is 38.0 Å². The smallest absolute Gasteiger partial charge is 0.0794 e. The molecule has 1 unspecified atom stereocenters. The summed E-state index contributed by atoms with van der Waals surface area (Å²) >= 11 is 1.69. The van der Waals surface area contributed by atoms with Gasteiger partial charge in [-0.25, -0.2) is 4.98 Å². The first-order chi connectivity index (χ1) is 7.92. The van der Waals surface area contributed by atoms with E-state index in [1.807, 2.05) is 5.51 Å². The summed E-state index contributed by atoms with van der Waals surface area (Å²) in [7, 11) is 0. The lowest BCUT2D eigenvalue weighted by atomic mass is 10.2. The Balaban J connectivity index is 1.36. The van der Waals surface area contributed by atoms with Gasteiger partial charge in [0.05, 0.1) is 11.2 Å². The first kappa shape index (κ1) is 10.7. The third kappa shape index (κ3) is 2.62. The lowest BCUT2D eigenvalue weighted by molar-refractivity contribution is 0.318. The van der Waals surface area contributed by atoms with Crippen molar-refractivity contribution in [1.29, 1.82) is 0 Å². The molecule has 0 bridgehead atoms. The van der Waals surface area contributed by atoms with Crippen LogP contribution < -0.4 is 5.32 Å². The monoisotopic (exact) mass is 237 g/mol. The van der Waals surface area contributed by atoms with Crippen LogP contribution in [0.5, 0.6) is 0 Å². The molecule has 1 saturated heterocycles. The predicted octanol–water partition coefficient (Wildman–Crippen LogP) is 1.51. The van der Waals surface area contributed by atoms with Crippen molar-refractivity contribution in [2.75, 3.05) is 19.6 Å². The molecule has 1 aromatic heterocycles. The van der Waals surface area contributed by atoms with Crippen molar-refractivity contribution in [2.24, 2.45) is 0 Å². The van der Waals surface area contributed by atoms with Gasteiger partial charge >= 0.3 is 0 Å². The Labute approximate surface area is 101 Å². The van der Waals surface area contributed by atoms with Crippen molar-refractivity contribution < 1.29 is 0 Å². The lowest BCUT2D eigenvalue weighted by Crippen LogP contribution is -2.34. The van der Waals surface area contributed by atoms with Crippen LogP contribution in [0.1, 0.15) is 25.0 Å². The molecule has 88 valence electrons. The maximum absolute atomic E-state index is 4.30. The quantitative estimate of drug-likeness (QED) is 0.841. The van der Waals surface area contributed by atoms with Crippen molar-refractivity contribution in [1.82, 2.24) is 15.2 Å². The zero-order chi connectivity index (χ0) is 10.8. The number of nitrogens with zero attached hydrogens (tertiary/aromatic N) is 2. The molecule has 3 nitrogen and oxygen atoms in total. The summed E-state index contributed by atoms with van der Waals surface area (Å²) in [6.45, 7) is 3.65. The summed E-state index contributed by atoms with van der Waals surface area (Å²) < 4.78 is 0. The maximum Gasteiger partial charge on any atom is 0.0794 e. The summed E-state index contributed by atoms with van der Waals surface area (Å²) in [6.07, 6.45) is 5.27. The molecule has 0 spiro atoms. The van der Waals surface area contributed by atoms with Gasteiger partial charge in [0.15, 0.2) is 0 Å². The Bertz CT molecular complexity index is 321. The summed E-state index contributed by atoms with van der Waals surface area (Å²) in [6, 6.07) is 1.66. The summed E-state index contributed by atoms with van der Waals surface area (Å²) in [5.41, 5.74) is 3.15. The molecule has 16 heavy (non-hydrogen) atoms. The number of aromatic nitrogens is 1. The third-order valence-electron chi connectivity index (χ3n) is 3.58. The van der Waals surface area contributed by atoms with E-state index in [1.54, 1.807) is 11.3 Å².